The molecule has 0 amide bonds. The molecule has 0 saturated heterocycles. The molecule has 0 bridgehead atoms. The molecule has 0 aliphatic carbocycles. The van der Waals surface area contributed by atoms with Crippen LogP contribution in [0.15, 0.2) is 17.5 Å². The van der Waals surface area contributed by atoms with E-state index in [-0.39, 0.29) is 18.6 Å². The smallest absolute Gasteiger partial charge is 0.310 e. The van der Waals surface area contributed by atoms with Crippen LogP contribution in [0.2, 0.25) is 0 Å². The van der Waals surface area contributed by atoms with Crippen LogP contribution in [0.25, 0.3) is 0 Å². The van der Waals surface area contributed by atoms with Crippen molar-refractivity contribution in [2.75, 3.05) is 0 Å². The van der Waals surface area contributed by atoms with Gasteiger partial charge in [-0.25, -0.2) is 0 Å². The van der Waals surface area contributed by atoms with Crippen molar-refractivity contribution in [2.45, 2.75) is 12.8 Å². The number of carbonyl (C=O) groups excluding carboxylic acids is 1. The van der Waals surface area contributed by atoms with Gasteiger partial charge in [-0.1, -0.05) is 6.07 Å². The highest BCUT2D eigenvalue weighted by Crippen LogP contribution is 2.09. The number of carboxylic acid groups (broad SMARTS) is 1. The Morgan fingerprint density at radius 1 is 1.50 bits per heavy atom. The fourth-order valence-corrected chi connectivity index (χ4v) is 1.57. The second kappa shape index (κ2) is 4.01. The zero-order valence-electron chi connectivity index (χ0n) is 6.32. The third kappa shape index (κ3) is 2.84. The molecular formula is C8H8O3S. The number of thiophene rings is 1. The van der Waals surface area contributed by atoms with Crippen LogP contribution < -0.4 is 0 Å². The van der Waals surface area contributed by atoms with E-state index in [9.17, 15) is 9.59 Å². The minimum Gasteiger partial charge on any atom is -0.481 e. The van der Waals surface area contributed by atoms with Gasteiger partial charge < -0.3 is 5.11 Å². The Morgan fingerprint density at radius 2 is 2.25 bits per heavy atom. The van der Waals surface area contributed by atoms with Crippen LogP contribution >= 0.6 is 11.3 Å². The number of ketones is 1. The number of hydrogen-bond acceptors (Lipinski definition) is 3. The lowest BCUT2D eigenvalue weighted by Crippen LogP contribution is -2.08. The highest BCUT2D eigenvalue weighted by Gasteiger charge is 2.08. The molecule has 3 nitrogen and oxygen atoms in total. The van der Waals surface area contributed by atoms with Crippen molar-refractivity contribution in [1.82, 2.24) is 0 Å². The average molecular weight is 184 g/mol. The lowest BCUT2D eigenvalue weighted by atomic mass is 10.2. The lowest BCUT2D eigenvalue weighted by molar-refractivity contribution is -0.140. The van der Waals surface area contributed by atoms with Gasteiger partial charge >= 0.3 is 5.97 Å². The number of aliphatic carboxylic acids is 1. The standard InChI is InChI=1S/C8H8O3S/c9-6(5-8(10)11)4-7-2-1-3-12-7/h1-3H,4-5H2,(H,10,11). The molecule has 0 aromatic carbocycles. The van der Waals surface area contributed by atoms with Crippen LogP contribution in [0.1, 0.15) is 11.3 Å². The molecule has 1 aromatic heterocycles. The Kier molecular flexibility index (Phi) is 2.99. The summed E-state index contributed by atoms with van der Waals surface area (Å²) in [6.07, 6.45) is -0.137. The van der Waals surface area contributed by atoms with E-state index in [0.29, 0.717) is 0 Å². The van der Waals surface area contributed by atoms with E-state index in [1.807, 2.05) is 17.5 Å². The molecule has 0 aliphatic heterocycles. The van der Waals surface area contributed by atoms with Crippen molar-refractivity contribution >= 4 is 23.1 Å². The molecule has 4 heteroatoms. The second-order valence-corrected chi connectivity index (χ2v) is 3.40. The van der Waals surface area contributed by atoms with Crippen LogP contribution in [0.4, 0.5) is 0 Å². The van der Waals surface area contributed by atoms with Crippen LogP contribution in [-0.2, 0) is 16.0 Å². The third-order valence-corrected chi connectivity index (χ3v) is 2.18. The first kappa shape index (κ1) is 8.93. The largest absolute Gasteiger partial charge is 0.481 e. The van der Waals surface area contributed by atoms with Gasteiger partial charge in [-0.15, -0.1) is 11.3 Å². The van der Waals surface area contributed by atoms with Gasteiger partial charge in [0.25, 0.3) is 0 Å². The molecule has 64 valence electrons. The van der Waals surface area contributed by atoms with Gasteiger partial charge in [-0.05, 0) is 11.4 Å². The number of carboxylic acids is 1. The molecule has 1 aromatic rings. The molecular weight excluding hydrogens is 176 g/mol. The molecule has 0 spiro atoms. The first-order chi connectivity index (χ1) is 5.68. The molecule has 0 radical (unpaired) electrons. The number of hydrogen-bond donors (Lipinski definition) is 1. The maximum Gasteiger partial charge on any atom is 0.310 e. The minimum atomic E-state index is -1.06. The van der Waals surface area contributed by atoms with Crippen LogP contribution in [-0.4, -0.2) is 16.9 Å². The molecule has 0 fully saturated rings. The summed E-state index contributed by atoms with van der Waals surface area (Å²) in [5.41, 5.74) is 0. The van der Waals surface area contributed by atoms with Crippen molar-refractivity contribution in [3.63, 3.8) is 0 Å². The Labute approximate surface area is 73.6 Å². The van der Waals surface area contributed by atoms with Gasteiger partial charge in [0.05, 0.1) is 0 Å². The van der Waals surface area contributed by atoms with Crippen molar-refractivity contribution < 1.29 is 14.7 Å². The average Bonchev–Trinajstić information content (AvgIpc) is 2.37. The maximum absolute atomic E-state index is 10.9. The quantitative estimate of drug-likeness (QED) is 0.718. The van der Waals surface area contributed by atoms with Gasteiger partial charge in [-0.2, -0.15) is 0 Å². The number of Topliss-reactive ketones (excluding diaryl/α,β-unsaturated/α-hetero) is 1. The summed E-state index contributed by atoms with van der Waals surface area (Å²) >= 11 is 1.46. The molecule has 1 rings (SSSR count). The summed E-state index contributed by atoms with van der Waals surface area (Å²) in [6.45, 7) is 0. The minimum absolute atomic E-state index is 0.240. The third-order valence-electron chi connectivity index (χ3n) is 1.30. The Bertz CT molecular complexity index is 277. The second-order valence-electron chi connectivity index (χ2n) is 2.37. The van der Waals surface area contributed by atoms with Crippen molar-refractivity contribution in [1.29, 1.82) is 0 Å². The van der Waals surface area contributed by atoms with Crippen LogP contribution in [0, 0.1) is 0 Å². The maximum atomic E-state index is 10.9. The molecule has 1 N–H and O–H groups in total. The SMILES string of the molecule is O=C(O)CC(=O)Cc1cccs1. The summed E-state index contributed by atoms with van der Waals surface area (Å²) in [5.74, 6) is -1.30. The van der Waals surface area contributed by atoms with Crippen molar-refractivity contribution in [3.05, 3.63) is 22.4 Å². The molecule has 0 unspecified atom stereocenters. The van der Waals surface area contributed by atoms with E-state index in [0.717, 1.165) is 4.88 Å². The molecule has 0 atom stereocenters. The van der Waals surface area contributed by atoms with E-state index in [1.54, 1.807) is 0 Å². The zero-order chi connectivity index (χ0) is 8.97. The fourth-order valence-electron chi connectivity index (χ4n) is 0.839. The Balaban J connectivity index is 2.42. The van der Waals surface area contributed by atoms with Gasteiger partial charge in [0.15, 0.2) is 0 Å². The zero-order valence-corrected chi connectivity index (χ0v) is 7.13. The topological polar surface area (TPSA) is 54.4 Å². The summed E-state index contributed by atoms with van der Waals surface area (Å²) < 4.78 is 0. The van der Waals surface area contributed by atoms with Gasteiger partial charge in [0.1, 0.15) is 12.2 Å². The molecule has 0 aliphatic rings. The van der Waals surface area contributed by atoms with E-state index in [2.05, 4.69) is 0 Å². The monoisotopic (exact) mass is 184 g/mol. The summed E-state index contributed by atoms with van der Waals surface area (Å²) in [6, 6.07) is 3.67. The predicted octanol–water partition coefficient (Wildman–Crippen LogP) is 1.33. The van der Waals surface area contributed by atoms with Gasteiger partial charge in [0, 0.05) is 11.3 Å². The highest BCUT2D eigenvalue weighted by molar-refractivity contribution is 7.10. The van der Waals surface area contributed by atoms with E-state index < -0.39 is 5.97 Å². The van der Waals surface area contributed by atoms with Crippen LogP contribution in [0.5, 0.6) is 0 Å². The van der Waals surface area contributed by atoms with E-state index >= 15 is 0 Å². The molecule has 0 saturated carbocycles. The van der Waals surface area contributed by atoms with Gasteiger partial charge in [0.2, 0.25) is 0 Å². The number of rotatable bonds is 4. The molecule has 12 heavy (non-hydrogen) atoms. The van der Waals surface area contributed by atoms with Crippen molar-refractivity contribution in [2.24, 2.45) is 0 Å². The summed E-state index contributed by atoms with van der Waals surface area (Å²) in [5, 5.41) is 10.2. The first-order valence-corrected chi connectivity index (χ1v) is 4.32. The predicted molar refractivity (Wildman–Crippen MR) is 45.3 cm³/mol. The Morgan fingerprint density at radius 3 is 2.75 bits per heavy atom. The van der Waals surface area contributed by atoms with Crippen LogP contribution in [0.3, 0.4) is 0 Å². The van der Waals surface area contributed by atoms with E-state index in [4.69, 9.17) is 5.11 Å². The summed E-state index contributed by atoms with van der Waals surface area (Å²) in [7, 11) is 0. The lowest BCUT2D eigenvalue weighted by Gasteiger charge is -1.92. The first-order valence-electron chi connectivity index (χ1n) is 3.44. The highest BCUT2D eigenvalue weighted by atomic mass is 32.1. The van der Waals surface area contributed by atoms with Gasteiger partial charge in [-0.3, -0.25) is 9.59 Å². The Hall–Kier alpha value is -1.16. The van der Waals surface area contributed by atoms with Crippen molar-refractivity contribution in [3.8, 4) is 0 Å². The normalized spacial score (nSPS) is 9.67. The number of carbonyl (C=O) groups is 2. The molecule has 1 heterocycles. The summed E-state index contributed by atoms with van der Waals surface area (Å²) in [4.78, 5) is 22.0. The van der Waals surface area contributed by atoms with E-state index in [1.165, 1.54) is 11.3 Å². The fraction of sp³-hybridized carbons (Fsp3) is 0.250.